The minimum atomic E-state index is 0.912. The van der Waals surface area contributed by atoms with Crippen LogP contribution in [0.4, 0.5) is 0 Å². The highest BCUT2D eigenvalue weighted by Gasteiger charge is 2.30. The molecule has 0 radical (unpaired) electrons. The van der Waals surface area contributed by atoms with Crippen LogP contribution in [0.5, 0.6) is 0 Å². The van der Waals surface area contributed by atoms with Crippen molar-refractivity contribution in [1.29, 1.82) is 0 Å². The van der Waals surface area contributed by atoms with Crippen molar-refractivity contribution in [3.63, 3.8) is 0 Å². The summed E-state index contributed by atoms with van der Waals surface area (Å²) in [6.07, 6.45) is 7.35. The number of aromatic nitrogens is 1. The maximum atomic E-state index is 4.14. The molecule has 0 aliphatic heterocycles. The summed E-state index contributed by atoms with van der Waals surface area (Å²) >= 11 is 1.80. The van der Waals surface area contributed by atoms with E-state index in [1.165, 1.54) is 43.6 Å². The Bertz CT molecular complexity index is 271. The summed E-state index contributed by atoms with van der Waals surface area (Å²) in [6, 6.07) is 0. The van der Waals surface area contributed by atoms with Crippen molar-refractivity contribution in [2.24, 2.45) is 11.8 Å². The van der Waals surface area contributed by atoms with Gasteiger partial charge in [0.2, 0.25) is 0 Å². The van der Waals surface area contributed by atoms with Gasteiger partial charge in [-0.2, -0.15) is 0 Å². The fourth-order valence-corrected chi connectivity index (χ4v) is 2.93. The molecule has 2 nitrogen and oxygen atoms in total. The Morgan fingerprint density at radius 2 is 2.33 bits per heavy atom. The quantitative estimate of drug-likeness (QED) is 0.752. The van der Waals surface area contributed by atoms with E-state index in [4.69, 9.17) is 0 Å². The second-order valence-corrected chi connectivity index (χ2v) is 5.44. The van der Waals surface area contributed by atoms with Crippen molar-refractivity contribution in [3.05, 3.63) is 16.6 Å². The minimum absolute atomic E-state index is 0.912. The summed E-state index contributed by atoms with van der Waals surface area (Å²) in [6.45, 7) is 4.61. The van der Waals surface area contributed by atoms with Crippen molar-refractivity contribution < 1.29 is 0 Å². The second kappa shape index (κ2) is 5.61. The average Bonchev–Trinajstić information content (AvgIpc) is 2.72. The molecule has 0 saturated heterocycles. The largest absolute Gasteiger partial charge is 0.316 e. The molecule has 0 aromatic carbocycles. The van der Waals surface area contributed by atoms with Crippen LogP contribution in [0, 0.1) is 11.8 Å². The lowest BCUT2D eigenvalue weighted by molar-refractivity contribution is 0.172. The van der Waals surface area contributed by atoms with Gasteiger partial charge in [-0.25, -0.2) is 0 Å². The summed E-state index contributed by atoms with van der Waals surface area (Å²) in [5, 5.41) is 3.53. The highest BCUT2D eigenvalue weighted by Crippen LogP contribution is 2.36. The van der Waals surface area contributed by atoms with Crippen molar-refractivity contribution in [2.45, 2.75) is 32.6 Å². The monoisotopic (exact) mass is 224 g/mol. The molecular formula is C12H20N2S. The molecule has 2 atom stereocenters. The molecule has 2 unspecified atom stereocenters. The minimum Gasteiger partial charge on any atom is -0.316 e. The molecule has 1 aliphatic carbocycles. The molecule has 84 valence electrons. The first-order chi connectivity index (χ1) is 7.40. The van der Waals surface area contributed by atoms with Crippen molar-refractivity contribution in [1.82, 2.24) is 10.3 Å². The van der Waals surface area contributed by atoms with Gasteiger partial charge in [0, 0.05) is 11.1 Å². The van der Waals surface area contributed by atoms with E-state index in [1.54, 1.807) is 11.3 Å². The zero-order chi connectivity index (χ0) is 10.5. The fourth-order valence-electron chi connectivity index (χ4n) is 2.24. The zero-order valence-corrected chi connectivity index (χ0v) is 10.2. The summed E-state index contributed by atoms with van der Waals surface area (Å²) < 4.78 is 0. The van der Waals surface area contributed by atoms with E-state index in [1.807, 2.05) is 11.7 Å². The maximum Gasteiger partial charge on any atom is 0.0794 e. The molecule has 1 heterocycles. The SMILES string of the molecule is CCCNCC1CCC1Cc1cncs1. The Hall–Kier alpha value is -0.410. The molecule has 0 bridgehead atoms. The fraction of sp³-hybridized carbons (Fsp3) is 0.750. The van der Waals surface area contributed by atoms with E-state index in [9.17, 15) is 0 Å². The van der Waals surface area contributed by atoms with Crippen LogP contribution >= 0.6 is 11.3 Å². The highest BCUT2D eigenvalue weighted by molar-refractivity contribution is 7.09. The third-order valence-electron chi connectivity index (χ3n) is 3.36. The van der Waals surface area contributed by atoms with Crippen LogP contribution in [0.3, 0.4) is 0 Å². The van der Waals surface area contributed by atoms with Crippen LogP contribution < -0.4 is 5.32 Å². The van der Waals surface area contributed by atoms with Crippen LogP contribution in [-0.2, 0) is 6.42 Å². The van der Waals surface area contributed by atoms with Gasteiger partial charge in [-0.15, -0.1) is 11.3 Å². The van der Waals surface area contributed by atoms with Crippen molar-refractivity contribution in [3.8, 4) is 0 Å². The number of nitrogens with one attached hydrogen (secondary N) is 1. The van der Waals surface area contributed by atoms with E-state index >= 15 is 0 Å². The zero-order valence-electron chi connectivity index (χ0n) is 9.41. The first kappa shape index (κ1) is 11.1. The number of hydrogen-bond donors (Lipinski definition) is 1. The Morgan fingerprint density at radius 3 is 2.93 bits per heavy atom. The van der Waals surface area contributed by atoms with Gasteiger partial charge in [0.05, 0.1) is 5.51 Å². The highest BCUT2D eigenvalue weighted by atomic mass is 32.1. The lowest BCUT2D eigenvalue weighted by Crippen LogP contribution is -2.36. The van der Waals surface area contributed by atoms with Gasteiger partial charge in [0.15, 0.2) is 0 Å². The predicted molar refractivity (Wildman–Crippen MR) is 65.2 cm³/mol. The van der Waals surface area contributed by atoms with Crippen LogP contribution in [0.25, 0.3) is 0 Å². The smallest absolute Gasteiger partial charge is 0.0794 e. The lowest BCUT2D eigenvalue weighted by atomic mass is 9.71. The van der Waals surface area contributed by atoms with E-state index in [0.29, 0.717) is 0 Å². The molecule has 1 saturated carbocycles. The first-order valence-corrected chi connectivity index (χ1v) is 6.86. The third-order valence-corrected chi connectivity index (χ3v) is 4.16. The molecule has 3 heteroatoms. The molecule has 1 N–H and O–H groups in total. The van der Waals surface area contributed by atoms with Crippen molar-refractivity contribution in [2.75, 3.05) is 13.1 Å². The van der Waals surface area contributed by atoms with Gasteiger partial charge in [0.1, 0.15) is 0 Å². The predicted octanol–water partition coefficient (Wildman–Crippen LogP) is 2.71. The molecule has 1 fully saturated rings. The second-order valence-electron chi connectivity index (χ2n) is 4.47. The van der Waals surface area contributed by atoms with Gasteiger partial charge in [-0.3, -0.25) is 4.98 Å². The van der Waals surface area contributed by atoms with Crippen molar-refractivity contribution >= 4 is 11.3 Å². The number of thiazole rings is 1. The normalized spacial score (nSPS) is 25.1. The van der Waals surface area contributed by atoms with Crippen LogP contribution in [0.1, 0.15) is 31.1 Å². The molecule has 0 amide bonds. The Morgan fingerprint density at radius 1 is 1.47 bits per heavy atom. The summed E-state index contributed by atoms with van der Waals surface area (Å²) in [5.74, 6) is 1.83. The molecule has 1 aliphatic rings. The van der Waals surface area contributed by atoms with E-state index in [-0.39, 0.29) is 0 Å². The summed E-state index contributed by atoms with van der Waals surface area (Å²) in [4.78, 5) is 5.60. The summed E-state index contributed by atoms with van der Waals surface area (Å²) in [5.41, 5.74) is 1.94. The van der Waals surface area contributed by atoms with Gasteiger partial charge < -0.3 is 5.32 Å². The van der Waals surface area contributed by atoms with Crippen LogP contribution in [-0.4, -0.2) is 18.1 Å². The van der Waals surface area contributed by atoms with Gasteiger partial charge in [-0.1, -0.05) is 6.92 Å². The molecule has 15 heavy (non-hydrogen) atoms. The molecule has 2 rings (SSSR count). The maximum absolute atomic E-state index is 4.14. The average molecular weight is 224 g/mol. The van der Waals surface area contributed by atoms with Crippen LogP contribution in [0.2, 0.25) is 0 Å². The molecule has 0 spiro atoms. The lowest BCUT2D eigenvalue weighted by Gasteiger charge is -2.36. The first-order valence-electron chi connectivity index (χ1n) is 5.98. The number of hydrogen-bond acceptors (Lipinski definition) is 3. The van der Waals surface area contributed by atoms with Gasteiger partial charge in [-0.05, 0) is 50.6 Å². The van der Waals surface area contributed by atoms with E-state index in [0.717, 1.165) is 11.8 Å². The Labute approximate surface area is 96.1 Å². The molecule has 1 aromatic heterocycles. The van der Waals surface area contributed by atoms with Gasteiger partial charge in [0.25, 0.3) is 0 Å². The number of nitrogens with zero attached hydrogens (tertiary/aromatic N) is 1. The molecule has 1 aromatic rings. The number of rotatable bonds is 6. The topological polar surface area (TPSA) is 24.9 Å². The molecular weight excluding hydrogens is 204 g/mol. The standard InChI is InChI=1S/C12H20N2S/c1-2-5-13-7-11-4-3-10(11)6-12-8-14-9-15-12/h8-11,13H,2-7H2,1H3. The van der Waals surface area contributed by atoms with Gasteiger partial charge >= 0.3 is 0 Å². The Kier molecular flexibility index (Phi) is 4.15. The Balaban J connectivity index is 1.70. The van der Waals surface area contributed by atoms with E-state index in [2.05, 4.69) is 17.2 Å². The van der Waals surface area contributed by atoms with E-state index < -0.39 is 0 Å². The third kappa shape index (κ3) is 3.02. The summed E-state index contributed by atoms with van der Waals surface area (Å²) in [7, 11) is 0. The van der Waals surface area contributed by atoms with Crippen LogP contribution in [0.15, 0.2) is 11.7 Å².